The minimum Gasteiger partial charge on any atom is -0.454 e. The van der Waals surface area contributed by atoms with Crippen LogP contribution in [0, 0.1) is 11.8 Å². The summed E-state index contributed by atoms with van der Waals surface area (Å²) in [4.78, 5) is 47.7. The highest BCUT2D eigenvalue weighted by atomic mass is 35.5. The van der Waals surface area contributed by atoms with Crippen LogP contribution in [-0.4, -0.2) is 31.2 Å². The molecule has 1 saturated carbocycles. The Bertz CT molecular complexity index is 2200. The average Bonchev–Trinajstić information content (AvgIpc) is 3.95. The van der Waals surface area contributed by atoms with Gasteiger partial charge in [-0.05, 0) is 75.9 Å². The highest BCUT2D eigenvalue weighted by Gasteiger charge is 2.82. The second-order valence-corrected chi connectivity index (χ2v) is 13.4. The Balaban J connectivity index is 1.37. The molecule has 5 aromatic carbocycles. The van der Waals surface area contributed by atoms with Crippen molar-refractivity contribution >= 4 is 46.0 Å². The number of imide groups is 1. The first-order valence-electron chi connectivity index (χ1n) is 16.3. The lowest BCUT2D eigenvalue weighted by atomic mass is 9.59. The van der Waals surface area contributed by atoms with Gasteiger partial charge in [-0.1, -0.05) is 90.5 Å². The molecule has 2 aliphatic carbocycles. The number of anilines is 1. The van der Waals surface area contributed by atoms with Gasteiger partial charge in [0.05, 0.1) is 28.4 Å². The number of benzene rings is 5. The van der Waals surface area contributed by atoms with E-state index in [4.69, 9.17) is 30.5 Å². The zero-order valence-corrected chi connectivity index (χ0v) is 27.1. The lowest BCUT2D eigenvalue weighted by Crippen LogP contribution is -2.45. The Morgan fingerprint density at radius 3 is 1.50 bits per heavy atom. The first-order chi connectivity index (χ1) is 24.5. The van der Waals surface area contributed by atoms with Gasteiger partial charge in [0.1, 0.15) is 0 Å². The fourth-order valence-electron chi connectivity index (χ4n) is 9.10. The molecule has 0 radical (unpaired) electrons. The molecule has 244 valence electrons. The number of carbonyl (C=O) groups is 3. The van der Waals surface area contributed by atoms with Crippen molar-refractivity contribution in [2.45, 2.75) is 10.8 Å². The molecule has 50 heavy (non-hydrogen) atoms. The maximum absolute atomic E-state index is 16.2. The molecule has 5 aliphatic rings. The second kappa shape index (κ2) is 10.3. The van der Waals surface area contributed by atoms with Crippen molar-refractivity contribution in [2.24, 2.45) is 11.8 Å². The molecule has 9 heteroatoms. The van der Waals surface area contributed by atoms with Crippen LogP contribution in [0.4, 0.5) is 5.69 Å². The van der Waals surface area contributed by atoms with Gasteiger partial charge in [-0.15, -0.1) is 0 Å². The monoisotopic (exact) mass is 679 g/mol. The van der Waals surface area contributed by atoms with E-state index in [1.165, 1.54) is 4.90 Å². The van der Waals surface area contributed by atoms with Crippen LogP contribution in [0.3, 0.4) is 0 Å². The molecular formula is C41H26ClNO7. The first kappa shape index (κ1) is 29.1. The summed E-state index contributed by atoms with van der Waals surface area (Å²) in [5.41, 5.74) is 1.05. The standard InChI is InChI=1S/C41H26ClNO7/c42-27-12-7-13-28(20-27)43-37(44)35-36(38(43)45)41(26-10-5-2-6-11-26)34(24-15-17-30-32(19-24)50-22-48-30)33(23-14-16-29-31(18-23)49-21-47-29)40(35,39(41)46)25-8-3-1-4-9-25/h1-20,35-36H,21-22H2/t35-,36-,40-,41-/m0/s1. The van der Waals surface area contributed by atoms with E-state index in [-0.39, 0.29) is 19.4 Å². The fourth-order valence-corrected chi connectivity index (χ4v) is 9.28. The minimum atomic E-state index is -1.58. The topological polar surface area (TPSA) is 91.4 Å². The van der Waals surface area contributed by atoms with Crippen molar-refractivity contribution in [1.29, 1.82) is 0 Å². The van der Waals surface area contributed by atoms with Crippen molar-refractivity contribution in [2.75, 3.05) is 18.5 Å². The summed E-state index contributed by atoms with van der Waals surface area (Å²) in [6.07, 6.45) is 0. The number of hydrogen-bond donors (Lipinski definition) is 0. The highest BCUT2D eigenvalue weighted by molar-refractivity contribution is 6.39. The van der Waals surface area contributed by atoms with Gasteiger partial charge >= 0.3 is 0 Å². The number of carbonyl (C=O) groups excluding carboxylic acids is 3. The normalized spacial score (nSPS) is 25.5. The number of ketones is 1. The van der Waals surface area contributed by atoms with Gasteiger partial charge < -0.3 is 18.9 Å². The lowest BCUT2D eigenvalue weighted by Gasteiger charge is -2.39. The van der Waals surface area contributed by atoms with Gasteiger partial charge in [0.15, 0.2) is 28.8 Å². The number of rotatable bonds is 5. The summed E-state index contributed by atoms with van der Waals surface area (Å²) in [5.74, 6) is -1.10. The Kier molecular flexibility index (Phi) is 6.01. The van der Waals surface area contributed by atoms with Crippen molar-refractivity contribution < 1.29 is 33.3 Å². The number of halogens is 1. The van der Waals surface area contributed by atoms with Crippen molar-refractivity contribution in [1.82, 2.24) is 0 Å². The molecule has 2 bridgehead atoms. The molecule has 0 aromatic heterocycles. The van der Waals surface area contributed by atoms with Gasteiger partial charge in [-0.2, -0.15) is 0 Å². The zero-order valence-electron chi connectivity index (χ0n) is 26.3. The molecule has 2 fully saturated rings. The summed E-state index contributed by atoms with van der Waals surface area (Å²) in [5, 5.41) is 0.384. The first-order valence-corrected chi connectivity index (χ1v) is 16.7. The largest absolute Gasteiger partial charge is 0.454 e. The predicted octanol–water partition coefficient (Wildman–Crippen LogP) is 6.99. The third kappa shape index (κ3) is 3.53. The SMILES string of the molecule is O=C1[C@@H]2[C@@H](C(=O)N1c1cccc(Cl)c1)[C@@]1(c3ccccc3)C(=O)[C@@]2(c2ccccc2)C(c2ccc3c(c2)OCO3)=C1c1ccc2c(c1)OCO2. The molecule has 8 nitrogen and oxygen atoms in total. The molecular weight excluding hydrogens is 654 g/mol. The molecule has 1 saturated heterocycles. The molecule has 5 aromatic rings. The molecule has 10 rings (SSSR count). The van der Waals surface area contributed by atoms with Crippen LogP contribution in [0.1, 0.15) is 22.3 Å². The van der Waals surface area contributed by atoms with E-state index in [1.54, 1.807) is 24.3 Å². The maximum Gasteiger partial charge on any atom is 0.239 e. The van der Waals surface area contributed by atoms with Gasteiger partial charge in [0.2, 0.25) is 25.4 Å². The van der Waals surface area contributed by atoms with Crippen LogP contribution in [-0.2, 0) is 25.2 Å². The van der Waals surface area contributed by atoms with E-state index in [2.05, 4.69) is 0 Å². The smallest absolute Gasteiger partial charge is 0.239 e. The number of Topliss-reactive ketones (excluding diaryl/α,β-unsaturated/α-hetero) is 1. The molecule has 0 spiro atoms. The summed E-state index contributed by atoms with van der Waals surface area (Å²) < 4.78 is 23.1. The van der Waals surface area contributed by atoms with Crippen molar-refractivity contribution in [3.05, 3.63) is 149 Å². The maximum atomic E-state index is 16.2. The summed E-state index contributed by atoms with van der Waals surface area (Å²) in [6, 6.07) is 36.6. The zero-order chi connectivity index (χ0) is 33.8. The number of allylic oxidation sites excluding steroid dienone is 2. The van der Waals surface area contributed by atoms with E-state index >= 15 is 14.4 Å². The van der Waals surface area contributed by atoms with Crippen LogP contribution in [0.25, 0.3) is 11.1 Å². The lowest BCUT2D eigenvalue weighted by molar-refractivity contribution is -0.130. The number of hydrogen-bond acceptors (Lipinski definition) is 7. The summed E-state index contributed by atoms with van der Waals surface area (Å²) >= 11 is 6.42. The van der Waals surface area contributed by atoms with E-state index < -0.39 is 34.5 Å². The van der Waals surface area contributed by atoms with Crippen LogP contribution in [0.15, 0.2) is 121 Å². The van der Waals surface area contributed by atoms with E-state index in [0.717, 1.165) is 0 Å². The minimum absolute atomic E-state index is 0.0653. The third-order valence-corrected chi connectivity index (χ3v) is 11.1. The van der Waals surface area contributed by atoms with Crippen LogP contribution >= 0.6 is 11.6 Å². The Morgan fingerprint density at radius 1 is 0.540 bits per heavy atom. The number of amides is 2. The molecule has 4 atom stereocenters. The Morgan fingerprint density at radius 2 is 1.02 bits per heavy atom. The average molecular weight is 680 g/mol. The molecule has 0 unspecified atom stereocenters. The Hall–Kier alpha value is -5.86. The highest BCUT2D eigenvalue weighted by Crippen LogP contribution is 2.74. The Labute approximate surface area is 291 Å². The van der Waals surface area contributed by atoms with E-state index in [1.807, 2.05) is 97.1 Å². The van der Waals surface area contributed by atoms with E-state index in [0.29, 0.717) is 67.1 Å². The quantitative estimate of drug-likeness (QED) is 0.185. The summed E-state index contributed by atoms with van der Waals surface area (Å²) in [6.45, 7) is 0.131. The van der Waals surface area contributed by atoms with Crippen LogP contribution in [0.5, 0.6) is 23.0 Å². The van der Waals surface area contributed by atoms with Gasteiger partial charge in [-0.25, -0.2) is 4.90 Å². The second-order valence-electron chi connectivity index (χ2n) is 13.0. The molecule has 2 amide bonds. The predicted molar refractivity (Wildman–Crippen MR) is 184 cm³/mol. The number of nitrogens with zero attached hydrogens (tertiary/aromatic N) is 1. The van der Waals surface area contributed by atoms with Gasteiger partial charge in [-0.3, -0.25) is 14.4 Å². The molecule has 0 N–H and O–H groups in total. The fraction of sp³-hybridized carbons (Fsp3) is 0.146. The third-order valence-electron chi connectivity index (χ3n) is 10.8. The van der Waals surface area contributed by atoms with Crippen LogP contribution < -0.4 is 23.8 Å². The van der Waals surface area contributed by atoms with Gasteiger partial charge in [0, 0.05) is 5.02 Å². The van der Waals surface area contributed by atoms with Crippen molar-refractivity contribution in [3.63, 3.8) is 0 Å². The summed E-state index contributed by atoms with van der Waals surface area (Å²) in [7, 11) is 0. The van der Waals surface area contributed by atoms with Crippen molar-refractivity contribution in [3.8, 4) is 23.0 Å². The molecule has 3 aliphatic heterocycles. The number of ether oxygens (including phenoxy) is 4. The number of fused-ring (bicyclic) bond motifs is 7. The molecule has 3 heterocycles. The van der Waals surface area contributed by atoms with E-state index in [9.17, 15) is 0 Å². The van der Waals surface area contributed by atoms with Gasteiger partial charge in [0.25, 0.3) is 0 Å². The van der Waals surface area contributed by atoms with Crippen LogP contribution in [0.2, 0.25) is 5.02 Å².